The molecule has 1 saturated carbocycles. The summed E-state index contributed by atoms with van der Waals surface area (Å²) in [5.41, 5.74) is 5.46. The maximum absolute atomic E-state index is 8.86. The minimum absolute atomic E-state index is 0.261. The van der Waals surface area contributed by atoms with E-state index in [1.165, 1.54) is 19.3 Å². The van der Waals surface area contributed by atoms with Crippen molar-refractivity contribution in [1.29, 1.82) is 5.26 Å². The second kappa shape index (κ2) is 6.22. The van der Waals surface area contributed by atoms with E-state index in [0.717, 1.165) is 19.6 Å². The summed E-state index contributed by atoms with van der Waals surface area (Å²) in [6, 6.07) is 2.29. The number of ether oxygens (including phenoxy) is 1. The van der Waals surface area contributed by atoms with Crippen molar-refractivity contribution in [2.45, 2.75) is 39.5 Å². The summed E-state index contributed by atoms with van der Waals surface area (Å²) < 4.78 is 5.68. The molecule has 0 aromatic carbocycles. The topological polar surface area (TPSA) is 59.0 Å². The fraction of sp³-hybridized carbons (Fsp3) is 0.923. The van der Waals surface area contributed by atoms with Gasteiger partial charge in [-0.1, -0.05) is 6.42 Å². The van der Waals surface area contributed by atoms with Gasteiger partial charge in [-0.25, -0.2) is 0 Å². The quantitative estimate of drug-likeness (QED) is 0.704. The molecule has 0 heterocycles. The van der Waals surface area contributed by atoms with E-state index in [1.807, 2.05) is 13.8 Å². The molecule has 0 spiro atoms. The summed E-state index contributed by atoms with van der Waals surface area (Å²) in [6.07, 6.45) is 4.61. The summed E-state index contributed by atoms with van der Waals surface area (Å²) in [6.45, 7) is 6.21. The van der Waals surface area contributed by atoms with Crippen LogP contribution >= 0.6 is 0 Å². The van der Waals surface area contributed by atoms with Crippen molar-refractivity contribution in [2.24, 2.45) is 23.0 Å². The molecule has 0 saturated heterocycles. The fourth-order valence-corrected chi connectivity index (χ4v) is 2.26. The molecule has 92 valence electrons. The molecule has 16 heavy (non-hydrogen) atoms. The molecule has 1 aliphatic rings. The molecule has 2 atom stereocenters. The molecule has 3 heteroatoms. The van der Waals surface area contributed by atoms with E-state index < -0.39 is 0 Å². The van der Waals surface area contributed by atoms with Gasteiger partial charge in [0.15, 0.2) is 0 Å². The molecular weight excluding hydrogens is 200 g/mol. The molecule has 3 nitrogen and oxygen atoms in total. The second-order valence-electron chi connectivity index (χ2n) is 5.51. The standard InChI is InChI=1S/C13H24N2O/c1-13(2,10-15)6-7-16-9-12-5-3-4-11(12)8-14/h11-12H,3-9,14H2,1-2H3. The number of rotatable bonds is 6. The molecular formula is C13H24N2O. The molecule has 2 N–H and O–H groups in total. The van der Waals surface area contributed by atoms with Crippen LogP contribution in [0, 0.1) is 28.6 Å². The maximum Gasteiger partial charge on any atom is 0.0684 e. The SMILES string of the molecule is CC(C)(C#N)CCOCC1CCCC1CN. The molecule has 0 amide bonds. The Morgan fingerprint density at radius 3 is 2.69 bits per heavy atom. The lowest BCUT2D eigenvalue weighted by molar-refractivity contribution is 0.0739. The highest BCUT2D eigenvalue weighted by molar-refractivity contribution is 4.91. The Labute approximate surface area is 99.0 Å². The van der Waals surface area contributed by atoms with Crippen LogP contribution in [0.1, 0.15) is 39.5 Å². The van der Waals surface area contributed by atoms with Gasteiger partial charge in [0, 0.05) is 13.2 Å². The molecule has 1 rings (SSSR count). The van der Waals surface area contributed by atoms with E-state index in [-0.39, 0.29) is 5.41 Å². The summed E-state index contributed by atoms with van der Waals surface area (Å²) in [7, 11) is 0. The van der Waals surface area contributed by atoms with Crippen LogP contribution in [-0.2, 0) is 4.74 Å². The predicted molar refractivity (Wildman–Crippen MR) is 64.7 cm³/mol. The molecule has 1 aliphatic carbocycles. The first-order valence-electron chi connectivity index (χ1n) is 6.28. The minimum Gasteiger partial charge on any atom is -0.381 e. The van der Waals surface area contributed by atoms with Crippen LogP contribution < -0.4 is 5.73 Å². The normalized spacial score (nSPS) is 25.6. The van der Waals surface area contributed by atoms with Gasteiger partial charge >= 0.3 is 0 Å². The molecule has 0 radical (unpaired) electrons. The summed E-state index contributed by atoms with van der Waals surface area (Å²) in [5, 5.41) is 8.86. The summed E-state index contributed by atoms with van der Waals surface area (Å²) in [4.78, 5) is 0. The van der Waals surface area contributed by atoms with Gasteiger partial charge in [0.05, 0.1) is 11.5 Å². The smallest absolute Gasteiger partial charge is 0.0684 e. The Morgan fingerprint density at radius 1 is 1.38 bits per heavy atom. The van der Waals surface area contributed by atoms with Gasteiger partial charge < -0.3 is 10.5 Å². The Morgan fingerprint density at radius 2 is 2.06 bits per heavy atom. The Kier molecular flexibility index (Phi) is 5.24. The highest BCUT2D eigenvalue weighted by Crippen LogP contribution is 2.31. The highest BCUT2D eigenvalue weighted by Gasteiger charge is 2.26. The van der Waals surface area contributed by atoms with E-state index in [1.54, 1.807) is 0 Å². The Hall–Kier alpha value is -0.590. The number of hydrogen-bond acceptors (Lipinski definition) is 3. The van der Waals surface area contributed by atoms with E-state index in [4.69, 9.17) is 15.7 Å². The first-order valence-corrected chi connectivity index (χ1v) is 6.28. The average molecular weight is 224 g/mol. The second-order valence-corrected chi connectivity index (χ2v) is 5.51. The van der Waals surface area contributed by atoms with Crippen molar-refractivity contribution in [3.8, 4) is 6.07 Å². The van der Waals surface area contributed by atoms with Gasteiger partial charge in [0.1, 0.15) is 0 Å². The Balaban J connectivity index is 2.14. The number of nitrogens with zero attached hydrogens (tertiary/aromatic N) is 1. The van der Waals surface area contributed by atoms with Crippen LogP contribution in [0.5, 0.6) is 0 Å². The van der Waals surface area contributed by atoms with Crippen LogP contribution in [0.3, 0.4) is 0 Å². The lowest BCUT2D eigenvalue weighted by atomic mass is 9.92. The van der Waals surface area contributed by atoms with Gasteiger partial charge in [-0.15, -0.1) is 0 Å². The number of nitrogens with two attached hydrogens (primary N) is 1. The minimum atomic E-state index is -0.261. The van der Waals surface area contributed by atoms with Gasteiger partial charge in [0.2, 0.25) is 0 Å². The van der Waals surface area contributed by atoms with Crippen molar-refractivity contribution in [3.05, 3.63) is 0 Å². The van der Waals surface area contributed by atoms with Crippen LogP contribution in [0.25, 0.3) is 0 Å². The zero-order valence-electron chi connectivity index (χ0n) is 10.5. The van der Waals surface area contributed by atoms with E-state index in [9.17, 15) is 0 Å². The van der Waals surface area contributed by atoms with Crippen molar-refractivity contribution in [1.82, 2.24) is 0 Å². The number of nitriles is 1. The van der Waals surface area contributed by atoms with Crippen molar-refractivity contribution in [3.63, 3.8) is 0 Å². The lowest BCUT2D eigenvalue weighted by Crippen LogP contribution is -2.23. The number of hydrogen-bond donors (Lipinski definition) is 1. The van der Waals surface area contributed by atoms with Crippen LogP contribution in [0.4, 0.5) is 0 Å². The van der Waals surface area contributed by atoms with Gasteiger partial charge in [-0.2, -0.15) is 5.26 Å². The predicted octanol–water partition coefficient (Wildman–Crippen LogP) is 2.32. The van der Waals surface area contributed by atoms with Crippen LogP contribution in [0.2, 0.25) is 0 Å². The van der Waals surface area contributed by atoms with E-state index in [0.29, 0.717) is 18.4 Å². The van der Waals surface area contributed by atoms with Gasteiger partial charge in [-0.3, -0.25) is 0 Å². The van der Waals surface area contributed by atoms with E-state index in [2.05, 4.69) is 6.07 Å². The molecule has 0 aromatic rings. The third kappa shape index (κ3) is 4.11. The van der Waals surface area contributed by atoms with Crippen molar-refractivity contribution >= 4 is 0 Å². The summed E-state index contributed by atoms with van der Waals surface area (Å²) in [5.74, 6) is 1.30. The molecule has 1 fully saturated rings. The van der Waals surface area contributed by atoms with Gasteiger partial charge in [0.25, 0.3) is 0 Å². The first-order chi connectivity index (χ1) is 7.59. The van der Waals surface area contributed by atoms with Crippen molar-refractivity contribution < 1.29 is 4.74 Å². The first kappa shape index (κ1) is 13.5. The zero-order valence-corrected chi connectivity index (χ0v) is 10.5. The van der Waals surface area contributed by atoms with Crippen molar-refractivity contribution in [2.75, 3.05) is 19.8 Å². The average Bonchev–Trinajstić information content (AvgIpc) is 2.72. The zero-order chi connectivity index (χ0) is 12.0. The largest absolute Gasteiger partial charge is 0.381 e. The molecule has 0 bridgehead atoms. The monoisotopic (exact) mass is 224 g/mol. The molecule has 0 aromatic heterocycles. The summed E-state index contributed by atoms with van der Waals surface area (Å²) >= 11 is 0. The third-order valence-corrected chi connectivity index (χ3v) is 3.63. The van der Waals surface area contributed by atoms with Crippen LogP contribution in [-0.4, -0.2) is 19.8 Å². The molecule has 2 unspecified atom stereocenters. The fourth-order valence-electron chi connectivity index (χ4n) is 2.26. The highest BCUT2D eigenvalue weighted by atomic mass is 16.5. The lowest BCUT2D eigenvalue weighted by Gasteiger charge is -2.19. The maximum atomic E-state index is 8.86. The van der Waals surface area contributed by atoms with Gasteiger partial charge in [-0.05, 0) is 51.5 Å². The molecule has 0 aliphatic heterocycles. The third-order valence-electron chi connectivity index (χ3n) is 3.63. The van der Waals surface area contributed by atoms with E-state index >= 15 is 0 Å². The van der Waals surface area contributed by atoms with Crippen LogP contribution in [0.15, 0.2) is 0 Å². The Bertz CT molecular complexity index is 245.